The van der Waals surface area contributed by atoms with Crippen LogP contribution in [0.5, 0.6) is 0 Å². The Morgan fingerprint density at radius 3 is 2.63 bits per heavy atom. The van der Waals surface area contributed by atoms with E-state index in [1.165, 1.54) is 0 Å². The first-order valence-corrected chi connectivity index (χ1v) is 8.64. The van der Waals surface area contributed by atoms with Crippen molar-refractivity contribution in [3.63, 3.8) is 0 Å². The van der Waals surface area contributed by atoms with E-state index in [2.05, 4.69) is 20.7 Å². The molecule has 4 nitrogen and oxygen atoms in total. The molecule has 1 aromatic carbocycles. The van der Waals surface area contributed by atoms with Crippen molar-refractivity contribution in [1.29, 1.82) is 0 Å². The lowest BCUT2D eigenvalue weighted by atomic mass is 9.93. The first-order valence-electron chi connectivity index (χ1n) is 6.37. The van der Waals surface area contributed by atoms with Gasteiger partial charge < -0.3 is 5.11 Å². The molecule has 0 aliphatic heterocycles. The number of benzene rings is 1. The van der Waals surface area contributed by atoms with Crippen LogP contribution in [0.15, 0.2) is 27.6 Å². The van der Waals surface area contributed by atoms with E-state index in [1.807, 2.05) is 6.92 Å². The van der Waals surface area contributed by atoms with Crippen LogP contribution in [-0.2, 0) is 10.0 Å². The van der Waals surface area contributed by atoms with Crippen molar-refractivity contribution in [2.45, 2.75) is 49.6 Å². The molecule has 2 N–H and O–H groups in total. The summed E-state index contributed by atoms with van der Waals surface area (Å²) < 4.78 is 27.8. The molecule has 2 rings (SSSR count). The quantitative estimate of drug-likeness (QED) is 0.881. The molecule has 1 aliphatic rings. The topological polar surface area (TPSA) is 66.4 Å². The van der Waals surface area contributed by atoms with E-state index in [9.17, 15) is 13.5 Å². The van der Waals surface area contributed by atoms with Crippen LogP contribution in [0.1, 0.15) is 31.2 Å². The number of rotatable bonds is 3. The van der Waals surface area contributed by atoms with Crippen molar-refractivity contribution < 1.29 is 13.5 Å². The van der Waals surface area contributed by atoms with Gasteiger partial charge in [0.2, 0.25) is 10.0 Å². The molecule has 6 heteroatoms. The molecule has 1 aliphatic carbocycles. The number of aliphatic hydroxyl groups is 1. The lowest BCUT2D eigenvalue weighted by molar-refractivity contribution is 0.101. The summed E-state index contributed by atoms with van der Waals surface area (Å²) in [6.07, 6.45) is 2.65. The van der Waals surface area contributed by atoms with Crippen LogP contribution < -0.4 is 4.72 Å². The van der Waals surface area contributed by atoms with Gasteiger partial charge in [0.25, 0.3) is 0 Å². The molecule has 0 unspecified atom stereocenters. The summed E-state index contributed by atoms with van der Waals surface area (Å²) in [4.78, 5) is 0.218. The number of nitrogens with one attached hydrogen (secondary N) is 1. The molecular weight excluding hydrogens is 330 g/mol. The van der Waals surface area contributed by atoms with Crippen LogP contribution >= 0.6 is 15.9 Å². The van der Waals surface area contributed by atoms with Crippen LogP contribution in [0.2, 0.25) is 0 Å². The standard InChI is InChI=1S/C13H18BrNO3S/c1-9-6-7-13(10(14)8-9)19(17,18)15-11-4-2-3-5-12(11)16/h6-8,11-12,15-16H,2-5H2,1H3/t11-,12-/m0/s1. The van der Waals surface area contributed by atoms with Crippen molar-refractivity contribution in [1.82, 2.24) is 4.72 Å². The lowest BCUT2D eigenvalue weighted by Crippen LogP contribution is -2.45. The molecule has 0 radical (unpaired) electrons. The van der Waals surface area contributed by atoms with Gasteiger partial charge in [-0.25, -0.2) is 13.1 Å². The summed E-state index contributed by atoms with van der Waals surface area (Å²) >= 11 is 3.28. The predicted octanol–water partition coefficient (Wildman–Crippen LogP) is 2.34. The molecule has 0 amide bonds. The molecule has 0 saturated heterocycles. The highest BCUT2D eigenvalue weighted by Crippen LogP contribution is 2.25. The normalized spacial score (nSPS) is 24.4. The van der Waals surface area contributed by atoms with Crippen LogP contribution in [0.25, 0.3) is 0 Å². The molecule has 1 aromatic rings. The van der Waals surface area contributed by atoms with E-state index in [0.29, 0.717) is 17.3 Å². The largest absolute Gasteiger partial charge is 0.391 e. The second-order valence-electron chi connectivity index (χ2n) is 5.01. The van der Waals surface area contributed by atoms with Gasteiger partial charge in [0.05, 0.1) is 11.0 Å². The second-order valence-corrected chi connectivity index (χ2v) is 7.55. The average Bonchev–Trinajstić information content (AvgIpc) is 2.31. The fourth-order valence-electron chi connectivity index (χ4n) is 2.34. The molecule has 0 bridgehead atoms. The first-order chi connectivity index (χ1) is 8.90. The maximum Gasteiger partial charge on any atom is 0.242 e. The van der Waals surface area contributed by atoms with Gasteiger partial charge in [0.1, 0.15) is 0 Å². The van der Waals surface area contributed by atoms with Crippen molar-refractivity contribution in [2.24, 2.45) is 0 Å². The van der Waals surface area contributed by atoms with Crippen LogP contribution in [0.3, 0.4) is 0 Å². The summed E-state index contributed by atoms with van der Waals surface area (Å²) in [6, 6.07) is 4.73. The SMILES string of the molecule is Cc1ccc(S(=O)(=O)N[C@H]2CCCC[C@@H]2O)c(Br)c1. The summed E-state index contributed by atoms with van der Waals surface area (Å²) in [5.41, 5.74) is 0.989. The number of halogens is 1. The minimum absolute atomic E-state index is 0.218. The van der Waals surface area contributed by atoms with Crippen LogP contribution in [0.4, 0.5) is 0 Å². The van der Waals surface area contributed by atoms with Crippen molar-refractivity contribution in [2.75, 3.05) is 0 Å². The fraction of sp³-hybridized carbons (Fsp3) is 0.538. The second kappa shape index (κ2) is 5.91. The van der Waals surface area contributed by atoms with Crippen LogP contribution in [0, 0.1) is 6.92 Å². The zero-order valence-corrected chi connectivity index (χ0v) is 13.2. The van der Waals surface area contributed by atoms with E-state index >= 15 is 0 Å². The Kier molecular flexibility index (Phi) is 4.66. The molecule has 0 heterocycles. The number of hydrogen-bond donors (Lipinski definition) is 2. The zero-order chi connectivity index (χ0) is 14.0. The molecule has 1 saturated carbocycles. The molecule has 0 spiro atoms. The Labute approximate surface area is 122 Å². The minimum atomic E-state index is -3.60. The lowest BCUT2D eigenvalue weighted by Gasteiger charge is -2.28. The van der Waals surface area contributed by atoms with Crippen molar-refractivity contribution in [3.8, 4) is 0 Å². The molecule has 19 heavy (non-hydrogen) atoms. The van der Waals surface area contributed by atoms with Crippen LogP contribution in [-0.4, -0.2) is 25.7 Å². The highest BCUT2D eigenvalue weighted by atomic mass is 79.9. The van der Waals surface area contributed by atoms with Gasteiger partial charge in [-0.15, -0.1) is 0 Å². The van der Waals surface area contributed by atoms with E-state index in [0.717, 1.165) is 18.4 Å². The Morgan fingerprint density at radius 1 is 1.32 bits per heavy atom. The van der Waals surface area contributed by atoms with Gasteiger partial charge in [-0.05, 0) is 53.4 Å². The van der Waals surface area contributed by atoms with Gasteiger partial charge >= 0.3 is 0 Å². The minimum Gasteiger partial charge on any atom is -0.391 e. The fourth-order valence-corrected chi connectivity index (χ4v) is 4.83. The third-order valence-electron chi connectivity index (χ3n) is 3.41. The number of aryl methyl sites for hydroxylation is 1. The average molecular weight is 348 g/mol. The Morgan fingerprint density at radius 2 is 2.00 bits per heavy atom. The summed E-state index contributed by atoms with van der Waals surface area (Å²) in [7, 11) is -3.60. The van der Waals surface area contributed by atoms with Crippen molar-refractivity contribution >= 4 is 26.0 Å². The summed E-state index contributed by atoms with van der Waals surface area (Å²) in [6.45, 7) is 1.90. The predicted molar refractivity (Wildman–Crippen MR) is 77.5 cm³/mol. The molecular formula is C13H18BrNO3S. The molecule has 1 fully saturated rings. The zero-order valence-electron chi connectivity index (χ0n) is 10.8. The van der Waals surface area contributed by atoms with Gasteiger partial charge in [-0.1, -0.05) is 18.9 Å². The van der Waals surface area contributed by atoms with E-state index in [-0.39, 0.29) is 10.9 Å². The molecule has 106 valence electrons. The van der Waals surface area contributed by atoms with Crippen molar-refractivity contribution in [3.05, 3.63) is 28.2 Å². The highest BCUT2D eigenvalue weighted by molar-refractivity contribution is 9.10. The van der Waals surface area contributed by atoms with Gasteiger partial charge in [-0.3, -0.25) is 0 Å². The van der Waals surface area contributed by atoms with Gasteiger partial charge in [0, 0.05) is 10.5 Å². The third kappa shape index (κ3) is 3.56. The van der Waals surface area contributed by atoms with E-state index < -0.39 is 16.1 Å². The maximum absolute atomic E-state index is 12.3. The van der Waals surface area contributed by atoms with E-state index in [1.54, 1.807) is 18.2 Å². The summed E-state index contributed by atoms with van der Waals surface area (Å²) in [5, 5.41) is 9.85. The number of sulfonamides is 1. The maximum atomic E-state index is 12.3. The molecule has 2 atom stereocenters. The highest BCUT2D eigenvalue weighted by Gasteiger charge is 2.28. The van der Waals surface area contributed by atoms with E-state index in [4.69, 9.17) is 0 Å². The monoisotopic (exact) mass is 347 g/mol. The smallest absolute Gasteiger partial charge is 0.242 e. The van der Waals surface area contributed by atoms with Gasteiger partial charge in [-0.2, -0.15) is 0 Å². The summed E-state index contributed by atoms with van der Waals surface area (Å²) in [5.74, 6) is 0. The number of aliphatic hydroxyl groups excluding tert-OH is 1. The first kappa shape index (κ1) is 15.0. The Bertz CT molecular complexity index is 559. The third-order valence-corrected chi connectivity index (χ3v) is 5.88. The molecule has 0 aromatic heterocycles. The van der Waals surface area contributed by atoms with Gasteiger partial charge in [0.15, 0.2) is 0 Å². The number of hydrogen-bond acceptors (Lipinski definition) is 3. The Hall–Kier alpha value is -0.430. The Balaban J connectivity index is 2.22.